The SMILES string of the molecule is Oc1cccc2ccc(CN(O)Cc3ccccc3)nc12. The van der Waals surface area contributed by atoms with E-state index in [0.717, 1.165) is 10.9 Å². The van der Waals surface area contributed by atoms with E-state index in [9.17, 15) is 10.3 Å². The van der Waals surface area contributed by atoms with Gasteiger partial charge in [-0.25, -0.2) is 4.98 Å². The third kappa shape index (κ3) is 3.18. The van der Waals surface area contributed by atoms with Gasteiger partial charge in [-0.3, -0.25) is 0 Å². The van der Waals surface area contributed by atoms with Gasteiger partial charge in [0.1, 0.15) is 11.3 Å². The van der Waals surface area contributed by atoms with Crippen LogP contribution >= 0.6 is 0 Å². The number of phenolic OH excluding ortho intramolecular Hbond substituents is 1. The van der Waals surface area contributed by atoms with Crippen LogP contribution < -0.4 is 0 Å². The fourth-order valence-corrected chi connectivity index (χ4v) is 2.30. The minimum Gasteiger partial charge on any atom is -0.506 e. The number of rotatable bonds is 4. The van der Waals surface area contributed by atoms with Crippen molar-refractivity contribution in [3.63, 3.8) is 0 Å². The second-order valence-corrected chi connectivity index (χ2v) is 4.96. The number of hydrogen-bond acceptors (Lipinski definition) is 4. The largest absolute Gasteiger partial charge is 0.506 e. The molecule has 0 unspecified atom stereocenters. The maximum absolute atomic E-state index is 10.0. The molecule has 0 saturated heterocycles. The van der Waals surface area contributed by atoms with Crippen LogP contribution in [0.25, 0.3) is 10.9 Å². The van der Waals surface area contributed by atoms with Crippen LogP contribution in [0.4, 0.5) is 0 Å². The number of phenols is 1. The maximum atomic E-state index is 10.0. The van der Waals surface area contributed by atoms with E-state index in [-0.39, 0.29) is 5.75 Å². The Morgan fingerprint density at radius 1 is 0.857 bits per heavy atom. The Bertz CT molecular complexity index is 744. The first-order chi connectivity index (χ1) is 10.2. The van der Waals surface area contributed by atoms with Crippen molar-refractivity contribution in [1.82, 2.24) is 10.0 Å². The molecule has 4 heteroatoms. The smallest absolute Gasteiger partial charge is 0.141 e. The molecule has 0 aliphatic rings. The lowest BCUT2D eigenvalue weighted by molar-refractivity contribution is -0.109. The van der Waals surface area contributed by atoms with Crippen molar-refractivity contribution in [2.45, 2.75) is 13.1 Å². The summed E-state index contributed by atoms with van der Waals surface area (Å²) in [5.41, 5.74) is 2.30. The lowest BCUT2D eigenvalue weighted by Gasteiger charge is -2.14. The molecule has 0 radical (unpaired) electrons. The standard InChI is InChI=1S/C17H16N2O2/c20-16-8-4-7-14-9-10-15(18-17(14)16)12-19(21)11-13-5-2-1-3-6-13/h1-10,20-21H,11-12H2. The molecule has 3 rings (SSSR count). The van der Waals surface area contributed by atoms with E-state index in [2.05, 4.69) is 4.98 Å². The Hall–Kier alpha value is -2.43. The second kappa shape index (κ2) is 5.91. The van der Waals surface area contributed by atoms with Gasteiger partial charge in [0.25, 0.3) is 0 Å². The van der Waals surface area contributed by atoms with Crippen LogP contribution in [0.3, 0.4) is 0 Å². The van der Waals surface area contributed by atoms with E-state index in [4.69, 9.17) is 0 Å². The fraction of sp³-hybridized carbons (Fsp3) is 0.118. The monoisotopic (exact) mass is 280 g/mol. The molecule has 1 aromatic heterocycles. The first kappa shape index (κ1) is 13.5. The van der Waals surface area contributed by atoms with E-state index in [1.165, 1.54) is 5.06 Å². The molecule has 0 aliphatic carbocycles. The zero-order valence-corrected chi connectivity index (χ0v) is 11.5. The summed E-state index contributed by atoms with van der Waals surface area (Å²) in [6, 6.07) is 18.8. The molecule has 0 bridgehead atoms. The lowest BCUT2D eigenvalue weighted by atomic mass is 10.2. The molecule has 106 valence electrons. The molecule has 0 amide bonds. The highest BCUT2D eigenvalue weighted by Gasteiger charge is 2.07. The summed E-state index contributed by atoms with van der Waals surface area (Å²) >= 11 is 0. The molecule has 3 aromatic rings. The summed E-state index contributed by atoms with van der Waals surface area (Å²) in [5, 5.41) is 21.9. The number of hydrogen-bond donors (Lipinski definition) is 2. The summed E-state index contributed by atoms with van der Waals surface area (Å²) in [4.78, 5) is 4.40. The van der Waals surface area contributed by atoms with Crippen LogP contribution in [-0.4, -0.2) is 20.4 Å². The highest BCUT2D eigenvalue weighted by molar-refractivity contribution is 5.84. The number of para-hydroxylation sites is 1. The Morgan fingerprint density at radius 3 is 2.48 bits per heavy atom. The molecular formula is C17H16N2O2. The van der Waals surface area contributed by atoms with E-state index in [0.29, 0.717) is 24.3 Å². The summed E-state index contributed by atoms with van der Waals surface area (Å²) in [5.74, 6) is 0.155. The molecular weight excluding hydrogens is 264 g/mol. The molecule has 4 nitrogen and oxygen atoms in total. The zero-order chi connectivity index (χ0) is 14.7. The first-order valence-electron chi connectivity index (χ1n) is 6.78. The average Bonchev–Trinajstić information content (AvgIpc) is 2.49. The van der Waals surface area contributed by atoms with Gasteiger partial charge < -0.3 is 10.3 Å². The van der Waals surface area contributed by atoms with Gasteiger partial charge in [0.05, 0.1) is 12.2 Å². The molecule has 2 N–H and O–H groups in total. The molecule has 0 aliphatic heterocycles. The Kier molecular flexibility index (Phi) is 3.81. The minimum absolute atomic E-state index is 0.155. The van der Waals surface area contributed by atoms with E-state index >= 15 is 0 Å². The Morgan fingerprint density at radius 2 is 1.67 bits per heavy atom. The van der Waals surface area contributed by atoms with Crippen LogP contribution in [0.5, 0.6) is 5.75 Å². The van der Waals surface area contributed by atoms with E-state index in [1.807, 2.05) is 48.5 Å². The third-order valence-corrected chi connectivity index (χ3v) is 3.31. The number of aromatic nitrogens is 1. The molecule has 0 spiro atoms. The third-order valence-electron chi connectivity index (χ3n) is 3.31. The molecule has 0 fully saturated rings. The van der Waals surface area contributed by atoms with Crippen molar-refractivity contribution in [3.05, 3.63) is 71.9 Å². The van der Waals surface area contributed by atoms with Crippen molar-refractivity contribution < 1.29 is 10.3 Å². The zero-order valence-electron chi connectivity index (χ0n) is 11.5. The summed E-state index contributed by atoms with van der Waals surface area (Å²) in [6.45, 7) is 0.737. The van der Waals surface area contributed by atoms with Crippen LogP contribution in [0.15, 0.2) is 60.7 Å². The van der Waals surface area contributed by atoms with Gasteiger partial charge in [-0.2, -0.15) is 5.06 Å². The summed E-state index contributed by atoms with van der Waals surface area (Å²) in [7, 11) is 0. The molecule has 0 saturated carbocycles. The number of fused-ring (bicyclic) bond motifs is 1. The normalized spacial score (nSPS) is 11.1. The van der Waals surface area contributed by atoms with Crippen LogP contribution in [0.1, 0.15) is 11.3 Å². The van der Waals surface area contributed by atoms with Gasteiger partial charge in [0, 0.05) is 11.9 Å². The van der Waals surface area contributed by atoms with Gasteiger partial charge in [-0.1, -0.05) is 48.5 Å². The van der Waals surface area contributed by atoms with Gasteiger partial charge >= 0.3 is 0 Å². The summed E-state index contributed by atoms with van der Waals surface area (Å²) in [6.07, 6.45) is 0. The van der Waals surface area contributed by atoms with Crippen molar-refractivity contribution >= 4 is 10.9 Å². The molecule has 21 heavy (non-hydrogen) atoms. The quantitative estimate of drug-likeness (QED) is 0.720. The van der Waals surface area contributed by atoms with Gasteiger partial charge in [0.2, 0.25) is 0 Å². The van der Waals surface area contributed by atoms with Crippen molar-refractivity contribution in [2.75, 3.05) is 0 Å². The number of nitrogens with zero attached hydrogens (tertiary/aromatic N) is 2. The fourth-order valence-electron chi connectivity index (χ4n) is 2.30. The number of pyridine rings is 1. The predicted octanol–water partition coefficient (Wildman–Crippen LogP) is 3.33. The number of aromatic hydroxyl groups is 1. The summed E-state index contributed by atoms with van der Waals surface area (Å²) < 4.78 is 0. The van der Waals surface area contributed by atoms with Gasteiger partial charge in [-0.05, 0) is 17.7 Å². The topological polar surface area (TPSA) is 56.6 Å². The molecule has 0 atom stereocenters. The predicted molar refractivity (Wildman–Crippen MR) is 80.9 cm³/mol. The highest BCUT2D eigenvalue weighted by Crippen LogP contribution is 2.22. The van der Waals surface area contributed by atoms with Crippen molar-refractivity contribution in [2.24, 2.45) is 0 Å². The van der Waals surface area contributed by atoms with E-state index < -0.39 is 0 Å². The number of hydroxylamine groups is 2. The van der Waals surface area contributed by atoms with E-state index in [1.54, 1.807) is 12.1 Å². The Labute approximate surface area is 122 Å². The molecule has 2 aromatic carbocycles. The highest BCUT2D eigenvalue weighted by atomic mass is 16.5. The lowest BCUT2D eigenvalue weighted by Crippen LogP contribution is -2.18. The van der Waals surface area contributed by atoms with Gasteiger partial charge in [-0.15, -0.1) is 0 Å². The van der Waals surface area contributed by atoms with Crippen LogP contribution in [-0.2, 0) is 13.1 Å². The van der Waals surface area contributed by atoms with Crippen molar-refractivity contribution in [3.8, 4) is 5.75 Å². The average molecular weight is 280 g/mol. The second-order valence-electron chi connectivity index (χ2n) is 4.96. The minimum atomic E-state index is 0.155. The van der Waals surface area contributed by atoms with Gasteiger partial charge in [0.15, 0.2) is 0 Å². The Balaban J connectivity index is 1.77. The van der Waals surface area contributed by atoms with Crippen LogP contribution in [0.2, 0.25) is 0 Å². The first-order valence-corrected chi connectivity index (χ1v) is 6.78. The van der Waals surface area contributed by atoms with Crippen LogP contribution in [0, 0.1) is 0 Å². The maximum Gasteiger partial charge on any atom is 0.141 e. The number of benzene rings is 2. The van der Waals surface area contributed by atoms with Crippen molar-refractivity contribution in [1.29, 1.82) is 0 Å². The molecule has 1 heterocycles.